The molecule has 0 saturated heterocycles. The largest absolute Gasteiger partial charge is 0.462 e. The fraction of sp³-hybridized carbons (Fsp3) is 0.797. The summed E-state index contributed by atoms with van der Waals surface area (Å²) in [5, 5.41) is 23.8. The van der Waals surface area contributed by atoms with Gasteiger partial charge >= 0.3 is 5.97 Å². The maximum atomic E-state index is 13.2. The topological polar surface area (TPSA) is 95.9 Å². The average Bonchev–Trinajstić information content (AvgIpc) is 3.30. The first-order chi connectivity index (χ1) is 32.0. The molecule has 0 rings (SSSR count). The minimum Gasteiger partial charge on any atom is -0.462 e. The van der Waals surface area contributed by atoms with Crippen LogP contribution < -0.4 is 5.32 Å². The van der Waals surface area contributed by atoms with Gasteiger partial charge in [0.2, 0.25) is 5.91 Å². The van der Waals surface area contributed by atoms with Gasteiger partial charge in [-0.15, -0.1) is 0 Å². The molecule has 3 N–H and O–H groups in total. The summed E-state index contributed by atoms with van der Waals surface area (Å²) in [6.07, 6.45) is 65.6. The number of esters is 1. The van der Waals surface area contributed by atoms with E-state index in [-0.39, 0.29) is 24.9 Å². The van der Waals surface area contributed by atoms with Crippen LogP contribution in [0.5, 0.6) is 0 Å². The van der Waals surface area contributed by atoms with Gasteiger partial charge in [-0.3, -0.25) is 9.59 Å². The number of aliphatic hydroxyl groups excluding tert-OH is 2. The summed E-state index contributed by atoms with van der Waals surface area (Å²) in [5.74, 6) is -0.511. The SMILES string of the molecule is CCCCC/C=C/C=C/C=C/C=C/CCCCCC(CC(=O)NC(CO)C(O)CCCCCCCCCCCCCCC)OC(=O)CCCCCCCCC/C=C/CCCCCCCC. The zero-order valence-corrected chi connectivity index (χ0v) is 43.1. The van der Waals surface area contributed by atoms with Crippen molar-refractivity contribution >= 4 is 11.9 Å². The lowest BCUT2D eigenvalue weighted by Gasteiger charge is -2.24. The van der Waals surface area contributed by atoms with Crippen molar-refractivity contribution in [3.05, 3.63) is 60.8 Å². The Morgan fingerprint density at radius 1 is 0.446 bits per heavy atom. The van der Waals surface area contributed by atoms with E-state index in [4.69, 9.17) is 4.74 Å². The number of unbranched alkanes of at least 4 members (excludes halogenated alkanes) is 31. The molecule has 0 spiro atoms. The molecule has 0 saturated carbocycles. The molecule has 65 heavy (non-hydrogen) atoms. The van der Waals surface area contributed by atoms with Gasteiger partial charge in [0, 0.05) is 6.42 Å². The third kappa shape index (κ3) is 47.8. The number of rotatable bonds is 50. The lowest BCUT2D eigenvalue weighted by molar-refractivity contribution is -0.151. The molecule has 0 aliphatic heterocycles. The first-order valence-electron chi connectivity index (χ1n) is 28.1. The van der Waals surface area contributed by atoms with Crippen molar-refractivity contribution < 1.29 is 24.5 Å². The number of carbonyl (C=O) groups excluding carboxylic acids is 2. The molecule has 6 heteroatoms. The number of hydrogen-bond donors (Lipinski definition) is 3. The first-order valence-corrected chi connectivity index (χ1v) is 28.1. The second-order valence-electron chi connectivity index (χ2n) is 19.1. The normalized spacial score (nSPS) is 13.6. The summed E-state index contributed by atoms with van der Waals surface area (Å²) < 4.78 is 5.94. The third-order valence-corrected chi connectivity index (χ3v) is 12.7. The van der Waals surface area contributed by atoms with Crippen LogP contribution in [0.3, 0.4) is 0 Å². The van der Waals surface area contributed by atoms with E-state index in [0.29, 0.717) is 19.3 Å². The summed E-state index contributed by atoms with van der Waals surface area (Å²) in [7, 11) is 0. The minimum absolute atomic E-state index is 0.0497. The first kappa shape index (κ1) is 62.6. The van der Waals surface area contributed by atoms with Crippen molar-refractivity contribution in [3.8, 4) is 0 Å². The minimum atomic E-state index is -0.801. The molecule has 0 aliphatic carbocycles. The van der Waals surface area contributed by atoms with Crippen LogP contribution in [0.4, 0.5) is 0 Å². The molecule has 0 bridgehead atoms. The molecule has 1 amide bonds. The number of allylic oxidation sites excluding steroid dienone is 10. The Balaban J connectivity index is 4.65. The van der Waals surface area contributed by atoms with Gasteiger partial charge in [0.05, 0.1) is 25.2 Å². The fourth-order valence-electron chi connectivity index (χ4n) is 8.38. The van der Waals surface area contributed by atoms with Gasteiger partial charge < -0.3 is 20.3 Å². The Morgan fingerprint density at radius 2 is 0.800 bits per heavy atom. The van der Waals surface area contributed by atoms with Crippen LogP contribution in [0, 0.1) is 0 Å². The molecule has 0 fully saturated rings. The molecule has 0 aromatic rings. The average molecular weight is 911 g/mol. The van der Waals surface area contributed by atoms with E-state index < -0.39 is 18.2 Å². The van der Waals surface area contributed by atoms with Crippen molar-refractivity contribution in [1.82, 2.24) is 5.32 Å². The van der Waals surface area contributed by atoms with Gasteiger partial charge in [-0.25, -0.2) is 0 Å². The van der Waals surface area contributed by atoms with E-state index >= 15 is 0 Å². The summed E-state index contributed by atoms with van der Waals surface area (Å²) in [6, 6.07) is -0.717. The van der Waals surface area contributed by atoms with E-state index in [1.54, 1.807) is 0 Å². The molecular formula is C59H107NO5. The molecule has 0 aromatic carbocycles. The quantitative estimate of drug-likeness (QED) is 0.0245. The Hall–Kier alpha value is -2.44. The van der Waals surface area contributed by atoms with E-state index in [1.807, 2.05) is 0 Å². The number of nitrogens with one attached hydrogen (secondary N) is 1. The van der Waals surface area contributed by atoms with Gasteiger partial charge in [0.15, 0.2) is 0 Å². The summed E-state index contributed by atoms with van der Waals surface area (Å²) in [4.78, 5) is 26.2. The van der Waals surface area contributed by atoms with Crippen LogP contribution in [0.2, 0.25) is 0 Å². The van der Waals surface area contributed by atoms with Gasteiger partial charge in [-0.05, 0) is 77.0 Å². The predicted octanol–water partition coefficient (Wildman–Crippen LogP) is 17.2. The highest BCUT2D eigenvalue weighted by Gasteiger charge is 2.24. The van der Waals surface area contributed by atoms with Crippen molar-refractivity contribution in [2.75, 3.05) is 6.61 Å². The lowest BCUT2D eigenvalue weighted by Crippen LogP contribution is -2.46. The number of hydrogen-bond acceptors (Lipinski definition) is 5. The zero-order valence-electron chi connectivity index (χ0n) is 43.1. The zero-order chi connectivity index (χ0) is 47.4. The van der Waals surface area contributed by atoms with E-state index in [0.717, 1.165) is 70.6 Å². The van der Waals surface area contributed by atoms with Crippen molar-refractivity contribution in [3.63, 3.8) is 0 Å². The predicted molar refractivity (Wildman–Crippen MR) is 282 cm³/mol. The Kier molecular flexibility index (Phi) is 50.6. The maximum Gasteiger partial charge on any atom is 0.306 e. The summed E-state index contributed by atoms with van der Waals surface area (Å²) in [6.45, 7) is 6.44. The fourth-order valence-corrected chi connectivity index (χ4v) is 8.38. The Morgan fingerprint density at radius 3 is 1.28 bits per heavy atom. The molecule has 6 nitrogen and oxygen atoms in total. The Bertz CT molecular complexity index is 1160. The molecule has 378 valence electrons. The molecule has 0 heterocycles. The van der Waals surface area contributed by atoms with Gasteiger partial charge in [0.25, 0.3) is 0 Å². The van der Waals surface area contributed by atoms with Crippen LogP contribution in [0.25, 0.3) is 0 Å². The summed E-state index contributed by atoms with van der Waals surface area (Å²) in [5.41, 5.74) is 0. The van der Waals surface area contributed by atoms with Gasteiger partial charge in [-0.1, -0.05) is 248 Å². The standard InChI is InChI=1S/C59H107NO5/c1-4-7-10-13-16-19-22-25-27-29-31-34-37-40-43-46-49-52-59(64)65-55(50-47-44-41-38-35-33-30-28-26-23-20-17-14-11-8-5-2)53-58(63)60-56(54-61)57(62)51-48-45-42-39-36-32-24-21-18-15-12-9-6-3/h17,20,23,25-28,30,33,35,55-57,61-62H,4-16,18-19,21-22,24,29,31-32,34,36-54H2,1-3H3,(H,60,63)/b20-17+,26-23+,27-25+,30-28+,35-33+. The highest BCUT2D eigenvalue weighted by molar-refractivity contribution is 5.77. The van der Waals surface area contributed by atoms with E-state index in [2.05, 4.69) is 86.8 Å². The van der Waals surface area contributed by atoms with Crippen molar-refractivity contribution in [2.24, 2.45) is 0 Å². The van der Waals surface area contributed by atoms with Gasteiger partial charge in [0.1, 0.15) is 6.10 Å². The molecule has 0 radical (unpaired) electrons. The molecule has 0 aliphatic rings. The molecule has 3 unspecified atom stereocenters. The third-order valence-electron chi connectivity index (χ3n) is 12.7. The van der Waals surface area contributed by atoms with Crippen LogP contribution in [-0.4, -0.2) is 46.9 Å². The van der Waals surface area contributed by atoms with Crippen LogP contribution in [0.1, 0.15) is 278 Å². The molecule has 3 atom stereocenters. The smallest absolute Gasteiger partial charge is 0.306 e. The monoisotopic (exact) mass is 910 g/mol. The highest BCUT2D eigenvalue weighted by Crippen LogP contribution is 2.18. The highest BCUT2D eigenvalue weighted by atomic mass is 16.5. The number of aliphatic hydroxyl groups is 2. The van der Waals surface area contributed by atoms with E-state index in [9.17, 15) is 19.8 Å². The van der Waals surface area contributed by atoms with E-state index in [1.165, 1.54) is 161 Å². The van der Waals surface area contributed by atoms with Crippen molar-refractivity contribution in [1.29, 1.82) is 0 Å². The second kappa shape index (κ2) is 52.5. The summed E-state index contributed by atoms with van der Waals surface area (Å²) >= 11 is 0. The molecule has 0 aromatic heterocycles. The van der Waals surface area contributed by atoms with Crippen molar-refractivity contribution in [2.45, 2.75) is 296 Å². The number of ether oxygens (including phenoxy) is 1. The molecular weight excluding hydrogens is 803 g/mol. The van der Waals surface area contributed by atoms with Crippen LogP contribution in [0.15, 0.2) is 60.8 Å². The number of amides is 1. The van der Waals surface area contributed by atoms with Crippen LogP contribution in [-0.2, 0) is 14.3 Å². The van der Waals surface area contributed by atoms with Crippen LogP contribution >= 0.6 is 0 Å². The second-order valence-corrected chi connectivity index (χ2v) is 19.1. The number of carbonyl (C=O) groups is 2. The maximum absolute atomic E-state index is 13.2. The van der Waals surface area contributed by atoms with Gasteiger partial charge in [-0.2, -0.15) is 0 Å². The lowest BCUT2D eigenvalue weighted by atomic mass is 10.0. The Labute approximate surface area is 403 Å².